The minimum atomic E-state index is -0.782. The van der Waals surface area contributed by atoms with Gasteiger partial charge in [0.1, 0.15) is 17.3 Å². The molecule has 0 aliphatic carbocycles. The Morgan fingerprint density at radius 2 is 1.71 bits per heavy atom. The Morgan fingerprint density at radius 3 is 2.34 bits per heavy atom. The summed E-state index contributed by atoms with van der Waals surface area (Å²) in [5.41, 5.74) is 2.75. The Balaban J connectivity index is 1.84. The quantitative estimate of drug-likeness (QED) is 0.261. The second kappa shape index (κ2) is 10.1. The molecule has 6 heteroatoms. The molecule has 3 aromatic rings. The highest BCUT2D eigenvalue weighted by atomic mass is 19.1. The SMILES string of the molecule is CCOc1ccc(/C(O)=C2/C(=O)C(=O)N(Cc3ccc(F)cc3)C2c2ccccc2)cc1C(C)C. The molecule has 1 atom stereocenters. The molecule has 1 N–H and O–H groups in total. The molecule has 1 heterocycles. The molecule has 0 saturated carbocycles. The van der Waals surface area contributed by atoms with E-state index in [0.717, 1.165) is 11.3 Å². The number of amides is 1. The van der Waals surface area contributed by atoms with Crippen LogP contribution in [0.2, 0.25) is 0 Å². The zero-order valence-corrected chi connectivity index (χ0v) is 20.0. The summed E-state index contributed by atoms with van der Waals surface area (Å²) in [4.78, 5) is 27.8. The third-order valence-electron chi connectivity index (χ3n) is 6.13. The van der Waals surface area contributed by atoms with Gasteiger partial charge in [0.25, 0.3) is 11.7 Å². The highest BCUT2D eigenvalue weighted by molar-refractivity contribution is 6.46. The first-order chi connectivity index (χ1) is 16.8. The highest BCUT2D eigenvalue weighted by Gasteiger charge is 2.46. The second-order valence-corrected chi connectivity index (χ2v) is 8.80. The maximum atomic E-state index is 13.4. The molecule has 1 aliphatic heterocycles. The van der Waals surface area contributed by atoms with Crippen LogP contribution in [0.15, 0.2) is 78.4 Å². The predicted molar refractivity (Wildman–Crippen MR) is 132 cm³/mol. The van der Waals surface area contributed by atoms with Gasteiger partial charge >= 0.3 is 0 Å². The van der Waals surface area contributed by atoms with Crippen LogP contribution in [-0.2, 0) is 16.1 Å². The molecule has 1 aliphatic rings. The summed E-state index contributed by atoms with van der Waals surface area (Å²) in [7, 11) is 0. The summed E-state index contributed by atoms with van der Waals surface area (Å²) in [5.74, 6) is -1.24. The lowest BCUT2D eigenvalue weighted by molar-refractivity contribution is -0.140. The Kier molecular flexibility index (Phi) is 7.01. The topological polar surface area (TPSA) is 66.8 Å². The second-order valence-electron chi connectivity index (χ2n) is 8.80. The van der Waals surface area contributed by atoms with Crippen LogP contribution >= 0.6 is 0 Å². The number of aliphatic hydroxyl groups excluding tert-OH is 1. The van der Waals surface area contributed by atoms with Crippen molar-refractivity contribution in [3.05, 3.63) is 106 Å². The molecule has 5 nitrogen and oxygen atoms in total. The largest absolute Gasteiger partial charge is 0.507 e. The summed E-state index contributed by atoms with van der Waals surface area (Å²) in [5, 5.41) is 11.4. The number of likely N-dealkylation sites (tertiary alicyclic amines) is 1. The molecule has 4 rings (SSSR count). The van der Waals surface area contributed by atoms with E-state index in [4.69, 9.17) is 4.74 Å². The summed E-state index contributed by atoms with van der Waals surface area (Å²) in [6.07, 6.45) is 0. The summed E-state index contributed by atoms with van der Waals surface area (Å²) in [6, 6.07) is 19.4. The summed E-state index contributed by atoms with van der Waals surface area (Å²) < 4.78 is 19.1. The fraction of sp³-hybridized carbons (Fsp3) is 0.241. The van der Waals surface area contributed by atoms with Crippen LogP contribution in [-0.4, -0.2) is 28.3 Å². The van der Waals surface area contributed by atoms with Crippen LogP contribution in [0.4, 0.5) is 4.39 Å². The van der Waals surface area contributed by atoms with Crippen molar-refractivity contribution in [2.45, 2.75) is 39.3 Å². The van der Waals surface area contributed by atoms with E-state index in [1.165, 1.54) is 17.0 Å². The van der Waals surface area contributed by atoms with Crippen molar-refractivity contribution < 1.29 is 23.8 Å². The van der Waals surface area contributed by atoms with Crippen molar-refractivity contribution in [1.82, 2.24) is 4.90 Å². The van der Waals surface area contributed by atoms with Crippen molar-refractivity contribution in [1.29, 1.82) is 0 Å². The number of aliphatic hydroxyl groups is 1. The smallest absolute Gasteiger partial charge is 0.295 e. The molecule has 0 bridgehead atoms. The monoisotopic (exact) mass is 473 g/mol. The first-order valence-electron chi connectivity index (χ1n) is 11.7. The number of halogens is 1. The molecule has 0 spiro atoms. The first-order valence-corrected chi connectivity index (χ1v) is 11.7. The molecule has 180 valence electrons. The van der Waals surface area contributed by atoms with Crippen molar-refractivity contribution in [2.75, 3.05) is 6.61 Å². The number of carbonyl (C=O) groups excluding carboxylic acids is 2. The predicted octanol–water partition coefficient (Wildman–Crippen LogP) is 5.97. The third-order valence-corrected chi connectivity index (χ3v) is 6.13. The fourth-order valence-corrected chi connectivity index (χ4v) is 4.40. The van der Waals surface area contributed by atoms with E-state index in [1.807, 2.05) is 51.1 Å². The summed E-state index contributed by atoms with van der Waals surface area (Å²) >= 11 is 0. The lowest BCUT2D eigenvalue weighted by atomic mass is 9.93. The van der Waals surface area contributed by atoms with Gasteiger partial charge in [0, 0.05) is 12.1 Å². The van der Waals surface area contributed by atoms with E-state index in [-0.39, 0.29) is 29.6 Å². The molecular formula is C29H28FNO4. The van der Waals surface area contributed by atoms with Crippen LogP contribution in [0.5, 0.6) is 5.75 Å². The number of carbonyl (C=O) groups is 2. The van der Waals surface area contributed by atoms with E-state index in [9.17, 15) is 19.1 Å². The van der Waals surface area contributed by atoms with Crippen molar-refractivity contribution in [3.63, 3.8) is 0 Å². The number of Topliss-reactive ketones (excluding diaryl/α,β-unsaturated/α-hetero) is 1. The number of hydrogen-bond donors (Lipinski definition) is 1. The minimum Gasteiger partial charge on any atom is -0.507 e. The van der Waals surface area contributed by atoms with Gasteiger partial charge in [-0.05, 0) is 59.9 Å². The van der Waals surface area contributed by atoms with Gasteiger partial charge < -0.3 is 14.7 Å². The molecule has 1 saturated heterocycles. The molecular weight excluding hydrogens is 445 g/mol. The summed E-state index contributed by atoms with van der Waals surface area (Å²) in [6.45, 7) is 6.55. The number of ketones is 1. The van der Waals surface area contributed by atoms with Crippen LogP contribution in [0.3, 0.4) is 0 Å². The molecule has 0 aromatic heterocycles. The number of ether oxygens (including phenoxy) is 1. The van der Waals surface area contributed by atoms with Crippen LogP contribution in [0.1, 0.15) is 55.0 Å². The zero-order chi connectivity index (χ0) is 25.1. The zero-order valence-electron chi connectivity index (χ0n) is 20.0. The van der Waals surface area contributed by atoms with E-state index in [1.54, 1.807) is 30.3 Å². The molecule has 1 unspecified atom stereocenters. The lowest BCUT2D eigenvalue weighted by Gasteiger charge is -2.25. The molecule has 1 amide bonds. The lowest BCUT2D eigenvalue weighted by Crippen LogP contribution is -2.29. The van der Waals surface area contributed by atoms with Gasteiger partial charge in [-0.1, -0.05) is 56.3 Å². The van der Waals surface area contributed by atoms with Crippen LogP contribution in [0.25, 0.3) is 5.76 Å². The van der Waals surface area contributed by atoms with Crippen LogP contribution < -0.4 is 4.74 Å². The standard InChI is InChI=1S/C29H28FNO4/c1-4-35-24-15-12-21(16-23(24)18(2)3)27(32)25-26(20-8-6-5-7-9-20)31(29(34)28(25)33)17-19-10-13-22(30)14-11-19/h5-16,18,26,32H,4,17H2,1-3H3/b27-25-. The maximum absolute atomic E-state index is 13.4. The number of rotatable bonds is 7. The first kappa shape index (κ1) is 24.2. The minimum absolute atomic E-state index is 0.0298. The van der Waals surface area contributed by atoms with Crippen molar-refractivity contribution in [2.24, 2.45) is 0 Å². The normalized spacial score (nSPS) is 17.3. The van der Waals surface area contributed by atoms with Gasteiger partial charge in [0.15, 0.2) is 0 Å². The van der Waals surface area contributed by atoms with Gasteiger partial charge in [-0.25, -0.2) is 4.39 Å². The number of benzene rings is 3. The third kappa shape index (κ3) is 4.83. The molecule has 35 heavy (non-hydrogen) atoms. The number of nitrogens with zero attached hydrogens (tertiary/aromatic N) is 1. The van der Waals surface area contributed by atoms with Gasteiger partial charge in [0.05, 0.1) is 18.2 Å². The van der Waals surface area contributed by atoms with Gasteiger partial charge in [0.2, 0.25) is 0 Å². The van der Waals surface area contributed by atoms with Crippen molar-refractivity contribution in [3.8, 4) is 5.75 Å². The fourth-order valence-electron chi connectivity index (χ4n) is 4.40. The van der Waals surface area contributed by atoms with E-state index >= 15 is 0 Å². The average Bonchev–Trinajstić information content (AvgIpc) is 3.10. The van der Waals surface area contributed by atoms with Crippen molar-refractivity contribution >= 4 is 17.4 Å². The molecule has 1 fully saturated rings. The van der Waals surface area contributed by atoms with Gasteiger partial charge in [-0.15, -0.1) is 0 Å². The van der Waals surface area contributed by atoms with Gasteiger partial charge in [-0.2, -0.15) is 0 Å². The van der Waals surface area contributed by atoms with E-state index < -0.39 is 17.7 Å². The Bertz CT molecular complexity index is 1270. The molecule has 0 radical (unpaired) electrons. The van der Waals surface area contributed by atoms with Gasteiger partial charge in [-0.3, -0.25) is 9.59 Å². The van der Waals surface area contributed by atoms with Crippen LogP contribution in [0, 0.1) is 5.82 Å². The Labute approximate surface area is 204 Å². The Morgan fingerprint density at radius 1 is 1.03 bits per heavy atom. The van der Waals surface area contributed by atoms with E-state index in [2.05, 4.69) is 0 Å². The maximum Gasteiger partial charge on any atom is 0.295 e. The highest BCUT2D eigenvalue weighted by Crippen LogP contribution is 2.41. The average molecular weight is 474 g/mol. The molecule has 3 aromatic carbocycles. The number of hydrogen-bond acceptors (Lipinski definition) is 4. The Hall–Kier alpha value is -3.93. The van der Waals surface area contributed by atoms with E-state index in [0.29, 0.717) is 23.3 Å².